The van der Waals surface area contributed by atoms with Gasteiger partial charge in [-0.05, 0) is 24.8 Å². The minimum atomic E-state index is -0.300. The first-order chi connectivity index (χ1) is 10.2. The zero-order valence-corrected chi connectivity index (χ0v) is 12.6. The Hall–Kier alpha value is -1.84. The molecular weight excluding hydrogens is 266 g/mol. The molecule has 1 aromatic carbocycles. The van der Waals surface area contributed by atoms with Crippen molar-refractivity contribution in [1.82, 2.24) is 4.90 Å². The molecule has 1 aliphatic rings. The maximum atomic E-state index is 12.2. The van der Waals surface area contributed by atoms with Crippen LogP contribution in [0.1, 0.15) is 44.6 Å². The Morgan fingerprint density at radius 1 is 1.29 bits per heavy atom. The molecular formula is C17H23NO3. The zero-order chi connectivity index (χ0) is 15.1. The van der Waals surface area contributed by atoms with Crippen molar-refractivity contribution in [3.05, 3.63) is 35.9 Å². The minimum Gasteiger partial charge on any atom is -0.445 e. The molecule has 0 aliphatic carbocycles. The van der Waals surface area contributed by atoms with Crippen molar-refractivity contribution in [2.45, 2.75) is 51.7 Å². The molecule has 1 aliphatic heterocycles. The molecule has 1 saturated heterocycles. The molecule has 0 aromatic heterocycles. The summed E-state index contributed by atoms with van der Waals surface area (Å²) in [6.07, 6.45) is 3.48. The normalized spacial score (nSPS) is 17.8. The monoisotopic (exact) mass is 289 g/mol. The van der Waals surface area contributed by atoms with Crippen molar-refractivity contribution in [1.29, 1.82) is 0 Å². The average molecular weight is 289 g/mol. The summed E-state index contributed by atoms with van der Waals surface area (Å²) >= 11 is 0. The number of nitrogens with zero attached hydrogens (tertiary/aromatic N) is 1. The first-order valence-electron chi connectivity index (χ1n) is 7.69. The molecule has 114 valence electrons. The zero-order valence-electron chi connectivity index (χ0n) is 12.6. The Bertz CT molecular complexity index is 472. The first-order valence-corrected chi connectivity index (χ1v) is 7.69. The Labute approximate surface area is 126 Å². The highest BCUT2D eigenvalue weighted by Gasteiger charge is 2.31. The maximum Gasteiger partial charge on any atom is 0.410 e. The summed E-state index contributed by atoms with van der Waals surface area (Å²) in [7, 11) is 0. The second-order valence-electron chi connectivity index (χ2n) is 5.52. The van der Waals surface area contributed by atoms with Crippen LogP contribution in [0.2, 0.25) is 0 Å². The largest absolute Gasteiger partial charge is 0.445 e. The van der Waals surface area contributed by atoms with Crippen molar-refractivity contribution in [2.24, 2.45) is 0 Å². The van der Waals surface area contributed by atoms with Gasteiger partial charge in [-0.1, -0.05) is 37.3 Å². The van der Waals surface area contributed by atoms with E-state index in [-0.39, 0.29) is 24.5 Å². The van der Waals surface area contributed by atoms with Gasteiger partial charge in [0, 0.05) is 25.4 Å². The number of hydrogen-bond donors (Lipinski definition) is 0. The van der Waals surface area contributed by atoms with E-state index in [1.807, 2.05) is 37.3 Å². The highest BCUT2D eigenvalue weighted by atomic mass is 16.6. The van der Waals surface area contributed by atoms with Gasteiger partial charge in [0.25, 0.3) is 0 Å². The van der Waals surface area contributed by atoms with Gasteiger partial charge in [-0.2, -0.15) is 0 Å². The molecule has 1 aromatic rings. The lowest BCUT2D eigenvalue weighted by molar-refractivity contribution is -0.120. The smallest absolute Gasteiger partial charge is 0.410 e. The number of amides is 1. The second kappa shape index (κ2) is 7.81. The molecule has 1 amide bonds. The molecule has 0 radical (unpaired) electrons. The van der Waals surface area contributed by atoms with Crippen molar-refractivity contribution in [3.8, 4) is 0 Å². The third-order valence-electron chi connectivity index (χ3n) is 3.81. The van der Waals surface area contributed by atoms with Crippen LogP contribution in [0, 0.1) is 0 Å². The van der Waals surface area contributed by atoms with Crippen LogP contribution in [0.15, 0.2) is 30.3 Å². The molecule has 1 heterocycles. The van der Waals surface area contributed by atoms with Crippen LogP contribution in [-0.4, -0.2) is 29.4 Å². The first kappa shape index (κ1) is 15.5. The standard InChI is InChI=1S/C17H23NO3/c1-2-7-16(19)12-15-10-6-11-18(15)17(20)21-13-14-8-4-3-5-9-14/h3-5,8-9,15H,2,6-7,10-13H2,1H3/t15-/m1/s1. The fourth-order valence-electron chi connectivity index (χ4n) is 2.73. The van der Waals surface area contributed by atoms with Gasteiger partial charge in [0.1, 0.15) is 12.4 Å². The Morgan fingerprint density at radius 3 is 2.76 bits per heavy atom. The number of carbonyl (C=O) groups excluding carboxylic acids is 2. The number of Topliss-reactive ketones (excluding diaryl/α,β-unsaturated/α-hetero) is 1. The molecule has 0 unspecified atom stereocenters. The van der Waals surface area contributed by atoms with E-state index in [1.165, 1.54) is 0 Å². The van der Waals surface area contributed by atoms with E-state index < -0.39 is 0 Å². The van der Waals surface area contributed by atoms with Crippen molar-refractivity contribution in [3.63, 3.8) is 0 Å². The Balaban J connectivity index is 1.84. The van der Waals surface area contributed by atoms with Crippen LogP contribution in [0.5, 0.6) is 0 Å². The van der Waals surface area contributed by atoms with Crippen molar-refractivity contribution >= 4 is 11.9 Å². The van der Waals surface area contributed by atoms with Gasteiger partial charge in [-0.3, -0.25) is 4.79 Å². The van der Waals surface area contributed by atoms with E-state index in [1.54, 1.807) is 4.90 Å². The quantitative estimate of drug-likeness (QED) is 0.804. The van der Waals surface area contributed by atoms with E-state index in [4.69, 9.17) is 4.74 Å². The fourth-order valence-corrected chi connectivity index (χ4v) is 2.73. The third-order valence-corrected chi connectivity index (χ3v) is 3.81. The lowest BCUT2D eigenvalue weighted by Gasteiger charge is -2.23. The summed E-state index contributed by atoms with van der Waals surface area (Å²) in [5, 5.41) is 0. The molecule has 0 saturated carbocycles. The molecule has 1 atom stereocenters. The van der Waals surface area contributed by atoms with Gasteiger partial charge in [-0.25, -0.2) is 4.79 Å². The molecule has 0 bridgehead atoms. The predicted octanol–water partition coefficient (Wildman–Crippen LogP) is 3.55. The van der Waals surface area contributed by atoms with Crippen LogP contribution in [0.3, 0.4) is 0 Å². The number of carbonyl (C=O) groups is 2. The van der Waals surface area contributed by atoms with E-state index >= 15 is 0 Å². The highest BCUT2D eigenvalue weighted by Crippen LogP contribution is 2.22. The van der Waals surface area contributed by atoms with Crippen LogP contribution in [0.4, 0.5) is 4.79 Å². The van der Waals surface area contributed by atoms with Gasteiger partial charge < -0.3 is 9.64 Å². The van der Waals surface area contributed by atoms with E-state index in [2.05, 4.69) is 0 Å². The predicted molar refractivity (Wildman–Crippen MR) is 80.9 cm³/mol. The van der Waals surface area contributed by atoms with Crippen LogP contribution < -0.4 is 0 Å². The van der Waals surface area contributed by atoms with E-state index in [0.717, 1.165) is 24.8 Å². The maximum absolute atomic E-state index is 12.2. The number of rotatable bonds is 6. The molecule has 0 spiro atoms. The minimum absolute atomic E-state index is 0.0207. The van der Waals surface area contributed by atoms with Gasteiger partial charge >= 0.3 is 6.09 Å². The molecule has 1 fully saturated rings. The van der Waals surface area contributed by atoms with Crippen LogP contribution >= 0.6 is 0 Å². The summed E-state index contributed by atoms with van der Waals surface area (Å²) in [5.41, 5.74) is 0.976. The van der Waals surface area contributed by atoms with Gasteiger partial charge in [0.05, 0.1) is 0 Å². The number of hydrogen-bond acceptors (Lipinski definition) is 3. The van der Waals surface area contributed by atoms with Crippen molar-refractivity contribution in [2.75, 3.05) is 6.54 Å². The van der Waals surface area contributed by atoms with Gasteiger partial charge in [0.15, 0.2) is 0 Å². The highest BCUT2D eigenvalue weighted by molar-refractivity contribution is 5.80. The van der Waals surface area contributed by atoms with Crippen molar-refractivity contribution < 1.29 is 14.3 Å². The summed E-state index contributed by atoms with van der Waals surface area (Å²) < 4.78 is 5.36. The molecule has 2 rings (SSSR count). The average Bonchev–Trinajstić information content (AvgIpc) is 2.94. The number of ketones is 1. The summed E-state index contributed by atoms with van der Waals surface area (Å²) in [6, 6.07) is 9.66. The third kappa shape index (κ3) is 4.59. The molecule has 4 nitrogen and oxygen atoms in total. The Kier molecular flexibility index (Phi) is 5.78. The Morgan fingerprint density at radius 2 is 2.05 bits per heavy atom. The summed E-state index contributed by atoms with van der Waals surface area (Å²) in [4.78, 5) is 25.6. The summed E-state index contributed by atoms with van der Waals surface area (Å²) in [5.74, 6) is 0.241. The van der Waals surface area contributed by atoms with E-state index in [9.17, 15) is 9.59 Å². The number of ether oxygens (including phenoxy) is 1. The van der Waals surface area contributed by atoms with E-state index in [0.29, 0.717) is 19.4 Å². The number of likely N-dealkylation sites (tertiary alicyclic amines) is 1. The number of benzene rings is 1. The SMILES string of the molecule is CCCC(=O)C[C@H]1CCCN1C(=O)OCc1ccccc1. The van der Waals surface area contributed by atoms with Crippen LogP contribution in [0.25, 0.3) is 0 Å². The van der Waals surface area contributed by atoms with Gasteiger partial charge in [-0.15, -0.1) is 0 Å². The molecule has 0 N–H and O–H groups in total. The lowest BCUT2D eigenvalue weighted by atomic mass is 10.1. The molecule has 4 heteroatoms. The summed E-state index contributed by atoms with van der Waals surface area (Å²) in [6.45, 7) is 2.97. The topological polar surface area (TPSA) is 46.6 Å². The lowest BCUT2D eigenvalue weighted by Crippen LogP contribution is -2.37. The fraction of sp³-hybridized carbons (Fsp3) is 0.529. The second-order valence-corrected chi connectivity index (χ2v) is 5.52. The van der Waals surface area contributed by atoms with Crippen LogP contribution in [-0.2, 0) is 16.1 Å². The van der Waals surface area contributed by atoms with Gasteiger partial charge in [0.2, 0.25) is 0 Å². The molecule has 21 heavy (non-hydrogen) atoms.